The number of aliphatic hydroxyl groups excluding tert-OH is 4. The van der Waals surface area contributed by atoms with Crippen molar-refractivity contribution in [2.45, 2.75) is 30.5 Å². The minimum absolute atomic E-state index is 0.0460. The molecule has 14 nitrogen and oxygen atoms in total. The van der Waals surface area contributed by atoms with Gasteiger partial charge in [-0.25, -0.2) is 0 Å². The van der Waals surface area contributed by atoms with Crippen molar-refractivity contribution in [1.82, 2.24) is 0 Å². The maximum absolute atomic E-state index is 12.9. The van der Waals surface area contributed by atoms with Crippen LogP contribution in [0, 0.1) is 0 Å². The van der Waals surface area contributed by atoms with Gasteiger partial charge in [0.25, 0.3) is 0 Å². The van der Waals surface area contributed by atoms with Crippen LogP contribution in [0.5, 0.6) is 23.0 Å². The summed E-state index contributed by atoms with van der Waals surface area (Å²) in [5.74, 6) is -3.05. The number of ether oxygens (including phenoxy) is 1. The topological polar surface area (TPSA) is 245 Å². The standard InChI is InChI=1S/C21H20O14S/c22-6-14-17(27)18(28)19(29)21(34-14)16-13(35-36(30,31)32)5-11(26)15-10(25)4-12(33-20(15)16)7-1-2-8(23)9(24)3-7/h1-5,14,17-19,21-24,26-29H,6H2,(H,30,31,32)/t14?,17-,18+,19?,21+/m1/s1. The molecule has 0 radical (unpaired) electrons. The molecular weight excluding hydrogens is 508 g/mol. The summed E-state index contributed by atoms with van der Waals surface area (Å²) in [6.45, 7) is -0.853. The summed E-state index contributed by atoms with van der Waals surface area (Å²) in [7, 11) is -5.26. The maximum atomic E-state index is 12.9. The van der Waals surface area contributed by atoms with Gasteiger partial charge in [0, 0.05) is 17.7 Å². The number of aliphatic hydroxyl groups is 4. The first kappa shape index (κ1) is 25.6. The molecule has 0 saturated carbocycles. The quantitative estimate of drug-likeness (QED) is 0.150. The predicted molar refractivity (Wildman–Crippen MR) is 118 cm³/mol. The summed E-state index contributed by atoms with van der Waals surface area (Å²) >= 11 is 0. The molecule has 15 heteroatoms. The second kappa shape index (κ2) is 9.21. The maximum Gasteiger partial charge on any atom is 0.446 e. The monoisotopic (exact) mass is 528 g/mol. The Morgan fingerprint density at radius 3 is 2.22 bits per heavy atom. The lowest BCUT2D eigenvalue weighted by Gasteiger charge is -2.40. The summed E-state index contributed by atoms with van der Waals surface area (Å²) in [5.41, 5.74) is -2.04. The van der Waals surface area contributed by atoms with Crippen LogP contribution in [0.3, 0.4) is 0 Å². The largest absolute Gasteiger partial charge is 0.507 e. The molecule has 2 unspecified atom stereocenters. The van der Waals surface area contributed by atoms with Crippen molar-refractivity contribution in [2.75, 3.05) is 6.61 Å². The van der Waals surface area contributed by atoms with Crippen LogP contribution in [-0.4, -0.2) is 79.7 Å². The molecule has 0 bridgehead atoms. The van der Waals surface area contributed by atoms with Crippen molar-refractivity contribution in [3.63, 3.8) is 0 Å². The molecule has 194 valence electrons. The van der Waals surface area contributed by atoms with Gasteiger partial charge in [-0.1, -0.05) is 0 Å². The van der Waals surface area contributed by atoms with E-state index in [0.29, 0.717) is 6.07 Å². The van der Waals surface area contributed by atoms with Crippen LogP contribution in [0.15, 0.2) is 39.5 Å². The number of hydrogen-bond acceptors (Lipinski definition) is 13. The normalized spacial score (nSPS) is 24.6. The molecule has 4 rings (SSSR count). The highest BCUT2D eigenvalue weighted by Gasteiger charge is 2.46. The van der Waals surface area contributed by atoms with E-state index in [1.54, 1.807) is 0 Å². The van der Waals surface area contributed by atoms with E-state index in [1.165, 1.54) is 6.07 Å². The van der Waals surface area contributed by atoms with Crippen molar-refractivity contribution in [1.29, 1.82) is 0 Å². The van der Waals surface area contributed by atoms with Gasteiger partial charge in [0.05, 0.1) is 12.2 Å². The van der Waals surface area contributed by atoms with Crippen molar-refractivity contribution in [3.05, 3.63) is 46.1 Å². The van der Waals surface area contributed by atoms with Gasteiger partial charge in [0.1, 0.15) is 47.4 Å². The Balaban J connectivity index is 2.06. The highest BCUT2D eigenvalue weighted by atomic mass is 32.3. The lowest BCUT2D eigenvalue weighted by molar-refractivity contribution is -0.231. The summed E-state index contributed by atoms with van der Waals surface area (Å²) in [5, 5.41) is 69.7. The van der Waals surface area contributed by atoms with Gasteiger partial charge in [-0.15, -0.1) is 0 Å². The average Bonchev–Trinajstić information content (AvgIpc) is 2.79. The fraction of sp³-hybridized carbons (Fsp3) is 0.286. The van der Waals surface area contributed by atoms with Gasteiger partial charge in [-0.3, -0.25) is 9.35 Å². The van der Waals surface area contributed by atoms with E-state index >= 15 is 0 Å². The molecule has 8 N–H and O–H groups in total. The van der Waals surface area contributed by atoms with Gasteiger partial charge < -0.3 is 49.1 Å². The van der Waals surface area contributed by atoms with Gasteiger partial charge in [0.2, 0.25) is 0 Å². The van der Waals surface area contributed by atoms with E-state index in [1.807, 2.05) is 0 Å². The van der Waals surface area contributed by atoms with Crippen molar-refractivity contribution in [3.8, 4) is 34.3 Å². The molecular formula is C21H20O14S. The molecule has 0 aliphatic carbocycles. The Morgan fingerprint density at radius 1 is 0.917 bits per heavy atom. The van der Waals surface area contributed by atoms with Crippen LogP contribution in [0.2, 0.25) is 0 Å². The Hall–Kier alpha value is -3.44. The molecule has 3 aromatic rings. The number of rotatable bonds is 5. The van der Waals surface area contributed by atoms with E-state index in [9.17, 15) is 53.5 Å². The lowest BCUT2D eigenvalue weighted by atomic mass is 9.89. The van der Waals surface area contributed by atoms with E-state index in [4.69, 9.17) is 9.15 Å². The SMILES string of the molecule is O=c1cc(-c2ccc(O)c(O)c2)oc2c([C@@H]3OC(CO)[C@@H](O)[C@H](O)C3O)c(OS(=O)(=O)O)cc(O)c12. The fourth-order valence-electron chi connectivity index (χ4n) is 3.92. The van der Waals surface area contributed by atoms with Gasteiger partial charge in [-0.2, -0.15) is 8.42 Å². The van der Waals surface area contributed by atoms with Crippen LogP contribution in [0.4, 0.5) is 0 Å². The second-order valence-electron chi connectivity index (χ2n) is 7.95. The molecule has 1 saturated heterocycles. The molecule has 1 aliphatic rings. The summed E-state index contributed by atoms with van der Waals surface area (Å²) in [4.78, 5) is 12.9. The molecule has 36 heavy (non-hydrogen) atoms. The van der Waals surface area contributed by atoms with E-state index < -0.39 is 92.5 Å². The number of benzene rings is 2. The molecule has 1 fully saturated rings. The minimum atomic E-state index is -5.26. The Kier molecular flexibility index (Phi) is 6.56. The molecule has 0 amide bonds. The highest BCUT2D eigenvalue weighted by Crippen LogP contribution is 2.44. The average molecular weight is 528 g/mol. The number of aromatic hydroxyl groups is 3. The Bertz CT molecular complexity index is 1480. The van der Waals surface area contributed by atoms with E-state index in [2.05, 4.69) is 4.18 Å². The van der Waals surface area contributed by atoms with Gasteiger partial charge in [-0.05, 0) is 18.2 Å². The van der Waals surface area contributed by atoms with Gasteiger partial charge in [0.15, 0.2) is 28.3 Å². The summed E-state index contributed by atoms with van der Waals surface area (Å²) in [6.07, 6.45) is -9.04. The zero-order chi connectivity index (χ0) is 26.5. The Labute approximate surface area is 201 Å². The van der Waals surface area contributed by atoms with Crippen LogP contribution in [-0.2, 0) is 15.1 Å². The number of fused-ring (bicyclic) bond motifs is 1. The third-order valence-electron chi connectivity index (χ3n) is 5.61. The summed E-state index contributed by atoms with van der Waals surface area (Å²) < 4.78 is 47.9. The lowest BCUT2D eigenvalue weighted by Crippen LogP contribution is -2.55. The first-order valence-electron chi connectivity index (χ1n) is 10.2. The molecule has 2 heterocycles. The van der Waals surface area contributed by atoms with E-state index in [0.717, 1.165) is 18.2 Å². The number of phenolic OH excluding ortho intramolecular Hbond substituents is 3. The molecule has 5 atom stereocenters. The van der Waals surface area contributed by atoms with E-state index in [-0.39, 0.29) is 11.3 Å². The summed E-state index contributed by atoms with van der Waals surface area (Å²) in [6, 6.07) is 4.91. The molecule has 2 aromatic carbocycles. The molecule has 1 aliphatic heterocycles. The predicted octanol–water partition coefficient (Wildman–Crippen LogP) is -0.727. The zero-order valence-corrected chi connectivity index (χ0v) is 18.7. The second-order valence-corrected chi connectivity index (χ2v) is 8.97. The minimum Gasteiger partial charge on any atom is -0.507 e. The first-order valence-corrected chi connectivity index (χ1v) is 11.5. The smallest absolute Gasteiger partial charge is 0.446 e. The zero-order valence-electron chi connectivity index (χ0n) is 17.9. The van der Waals surface area contributed by atoms with Crippen LogP contribution >= 0.6 is 0 Å². The first-order chi connectivity index (χ1) is 16.8. The van der Waals surface area contributed by atoms with Crippen LogP contribution in [0.25, 0.3) is 22.3 Å². The molecule has 0 spiro atoms. The number of hydrogen-bond donors (Lipinski definition) is 8. The third kappa shape index (κ3) is 4.56. The van der Waals surface area contributed by atoms with Crippen molar-refractivity contribution >= 4 is 21.4 Å². The number of phenols is 3. The van der Waals surface area contributed by atoms with Crippen LogP contribution < -0.4 is 9.61 Å². The van der Waals surface area contributed by atoms with Gasteiger partial charge >= 0.3 is 10.4 Å². The van der Waals surface area contributed by atoms with Crippen LogP contribution in [0.1, 0.15) is 11.7 Å². The fourth-order valence-corrected chi connectivity index (χ4v) is 4.29. The molecule has 1 aromatic heterocycles. The Morgan fingerprint density at radius 2 is 1.61 bits per heavy atom. The van der Waals surface area contributed by atoms with Crippen molar-refractivity contribution < 1.29 is 62.1 Å². The highest BCUT2D eigenvalue weighted by molar-refractivity contribution is 7.81. The third-order valence-corrected chi connectivity index (χ3v) is 6.00. The van der Waals surface area contributed by atoms with Crippen molar-refractivity contribution in [2.24, 2.45) is 0 Å².